The highest BCUT2D eigenvalue weighted by atomic mass is 35.5. The van der Waals surface area contributed by atoms with Gasteiger partial charge in [0.15, 0.2) is 0 Å². The summed E-state index contributed by atoms with van der Waals surface area (Å²) in [5.74, 6) is 1.51. The molecule has 3 atom stereocenters. The van der Waals surface area contributed by atoms with E-state index in [1.165, 1.54) is 5.52 Å². The van der Waals surface area contributed by atoms with E-state index < -0.39 is 0 Å². The number of ether oxygens (including phenoxy) is 1. The highest BCUT2D eigenvalue weighted by Gasteiger charge is 2.26. The van der Waals surface area contributed by atoms with E-state index in [4.69, 9.17) is 16.3 Å². The quantitative estimate of drug-likeness (QED) is 0.800. The maximum Gasteiger partial charge on any atom is 0.127 e. The zero-order valence-corrected chi connectivity index (χ0v) is 12.1. The van der Waals surface area contributed by atoms with Gasteiger partial charge in [0.2, 0.25) is 0 Å². The molecular weight excluding hydrogens is 260 g/mol. The zero-order valence-electron chi connectivity index (χ0n) is 11.3. The van der Waals surface area contributed by atoms with E-state index >= 15 is 0 Å². The number of para-hydroxylation sites is 2. The molecule has 3 unspecified atom stereocenters. The Morgan fingerprint density at radius 2 is 2.26 bits per heavy atom. The van der Waals surface area contributed by atoms with Crippen LogP contribution < -0.4 is 0 Å². The summed E-state index contributed by atoms with van der Waals surface area (Å²) in [5, 5.41) is -0.0787. The maximum atomic E-state index is 6.29. The van der Waals surface area contributed by atoms with Crippen LogP contribution >= 0.6 is 11.6 Å². The summed E-state index contributed by atoms with van der Waals surface area (Å²) in [4.78, 5) is 4.67. The lowest BCUT2D eigenvalue weighted by Crippen LogP contribution is -2.19. The molecule has 0 N–H and O–H groups in total. The van der Waals surface area contributed by atoms with Crippen molar-refractivity contribution in [1.82, 2.24) is 9.55 Å². The summed E-state index contributed by atoms with van der Waals surface area (Å²) in [6, 6.07) is 8.23. The Balaban J connectivity index is 2.02. The van der Waals surface area contributed by atoms with Crippen LogP contribution in [0, 0.1) is 5.92 Å². The van der Waals surface area contributed by atoms with E-state index in [-0.39, 0.29) is 5.38 Å². The lowest BCUT2D eigenvalue weighted by atomic mass is 10.0. The van der Waals surface area contributed by atoms with Gasteiger partial charge in [-0.2, -0.15) is 0 Å². The molecule has 1 aliphatic heterocycles. The van der Waals surface area contributed by atoms with E-state index in [9.17, 15) is 0 Å². The van der Waals surface area contributed by atoms with Gasteiger partial charge < -0.3 is 9.30 Å². The minimum Gasteiger partial charge on any atom is -0.378 e. The van der Waals surface area contributed by atoms with Crippen molar-refractivity contribution in [3.8, 4) is 0 Å². The fourth-order valence-electron chi connectivity index (χ4n) is 2.84. The van der Waals surface area contributed by atoms with Gasteiger partial charge in [-0.15, -0.1) is 11.6 Å². The predicted octanol–water partition coefficient (Wildman–Crippen LogP) is 3.76. The third-order valence-electron chi connectivity index (χ3n) is 3.99. The molecule has 0 bridgehead atoms. The Labute approximate surface area is 118 Å². The van der Waals surface area contributed by atoms with Gasteiger partial charge in [-0.3, -0.25) is 0 Å². The van der Waals surface area contributed by atoms with Gasteiger partial charge in [-0.1, -0.05) is 12.1 Å². The number of alkyl halides is 1. The number of fused-ring (bicyclic) bond motifs is 1. The first-order valence-corrected chi connectivity index (χ1v) is 7.31. The monoisotopic (exact) mass is 278 g/mol. The number of nitrogens with zero attached hydrogens (tertiary/aromatic N) is 2. The van der Waals surface area contributed by atoms with E-state index in [0.717, 1.165) is 30.9 Å². The number of aromatic nitrogens is 2. The number of rotatable bonds is 3. The summed E-state index contributed by atoms with van der Waals surface area (Å²) in [5.41, 5.74) is 2.20. The highest BCUT2D eigenvalue weighted by molar-refractivity contribution is 6.20. The number of imidazole rings is 1. The summed E-state index contributed by atoms with van der Waals surface area (Å²) >= 11 is 6.29. The molecule has 0 saturated carbocycles. The van der Waals surface area contributed by atoms with Crippen molar-refractivity contribution >= 4 is 22.6 Å². The molecule has 2 heterocycles. The third-order valence-corrected chi connectivity index (χ3v) is 4.19. The molecule has 1 saturated heterocycles. The van der Waals surface area contributed by atoms with Gasteiger partial charge in [0, 0.05) is 19.1 Å². The summed E-state index contributed by atoms with van der Waals surface area (Å²) in [6.45, 7) is 5.94. The van der Waals surface area contributed by atoms with E-state index in [2.05, 4.69) is 28.6 Å². The molecule has 4 heteroatoms. The van der Waals surface area contributed by atoms with Crippen LogP contribution in [0.15, 0.2) is 24.3 Å². The van der Waals surface area contributed by atoms with Crippen LogP contribution in [-0.2, 0) is 11.3 Å². The molecule has 0 radical (unpaired) electrons. The van der Waals surface area contributed by atoms with Crippen LogP contribution in [0.5, 0.6) is 0 Å². The molecule has 3 nitrogen and oxygen atoms in total. The van der Waals surface area contributed by atoms with Crippen molar-refractivity contribution < 1.29 is 4.74 Å². The Kier molecular flexibility index (Phi) is 3.50. The topological polar surface area (TPSA) is 27.1 Å². The molecule has 1 aromatic heterocycles. The summed E-state index contributed by atoms with van der Waals surface area (Å²) in [6.07, 6.45) is 1.43. The van der Waals surface area contributed by atoms with Gasteiger partial charge in [0.1, 0.15) is 5.82 Å². The Hall–Kier alpha value is -1.06. The van der Waals surface area contributed by atoms with Crippen LogP contribution in [-0.4, -0.2) is 22.3 Å². The fraction of sp³-hybridized carbons (Fsp3) is 0.533. The van der Waals surface area contributed by atoms with Crippen LogP contribution in [0.3, 0.4) is 0 Å². The van der Waals surface area contributed by atoms with Crippen LogP contribution in [0.1, 0.15) is 31.5 Å². The molecule has 1 fully saturated rings. The van der Waals surface area contributed by atoms with Crippen LogP contribution in [0.2, 0.25) is 0 Å². The van der Waals surface area contributed by atoms with E-state index in [0.29, 0.717) is 12.0 Å². The molecule has 0 spiro atoms. The molecule has 102 valence electrons. The Bertz CT molecular complexity index is 579. The van der Waals surface area contributed by atoms with Crippen LogP contribution in [0.4, 0.5) is 0 Å². The number of hydrogen-bond donors (Lipinski definition) is 0. The Morgan fingerprint density at radius 1 is 1.47 bits per heavy atom. The van der Waals surface area contributed by atoms with E-state index in [1.807, 2.05) is 19.1 Å². The smallest absolute Gasteiger partial charge is 0.127 e. The second-order valence-corrected chi connectivity index (χ2v) is 5.96. The molecule has 3 rings (SSSR count). The minimum absolute atomic E-state index is 0.0787. The van der Waals surface area contributed by atoms with Crippen molar-refractivity contribution in [3.05, 3.63) is 30.1 Å². The van der Waals surface area contributed by atoms with Crippen molar-refractivity contribution in [2.45, 2.75) is 38.3 Å². The standard InChI is InChI=1S/C15H19ClN2O/c1-10(16)15-17-13-5-3-4-6-14(13)18(15)9-12-7-8-19-11(12)2/h3-6,10-12H,7-9H2,1-2H3. The molecule has 0 aliphatic carbocycles. The molecule has 1 aliphatic rings. The van der Waals surface area contributed by atoms with E-state index in [1.54, 1.807) is 0 Å². The lowest BCUT2D eigenvalue weighted by Gasteiger charge is -2.18. The van der Waals surface area contributed by atoms with Crippen molar-refractivity contribution in [2.75, 3.05) is 6.61 Å². The first-order valence-electron chi connectivity index (χ1n) is 6.87. The molecular formula is C15H19ClN2O. The number of hydrogen-bond acceptors (Lipinski definition) is 2. The van der Waals surface area contributed by atoms with Crippen molar-refractivity contribution in [1.29, 1.82) is 0 Å². The number of benzene rings is 1. The van der Waals surface area contributed by atoms with Gasteiger partial charge >= 0.3 is 0 Å². The SMILES string of the molecule is CC(Cl)c1nc2ccccc2n1CC1CCOC1C. The molecule has 2 aromatic rings. The summed E-state index contributed by atoms with van der Waals surface area (Å²) in [7, 11) is 0. The molecule has 0 amide bonds. The second-order valence-electron chi connectivity index (χ2n) is 5.31. The van der Waals surface area contributed by atoms with Gasteiger partial charge in [-0.25, -0.2) is 4.98 Å². The third kappa shape index (κ3) is 2.37. The predicted molar refractivity (Wildman–Crippen MR) is 77.5 cm³/mol. The first-order chi connectivity index (χ1) is 9.16. The molecule has 19 heavy (non-hydrogen) atoms. The van der Waals surface area contributed by atoms with Crippen molar-refractivity contribution in [2.24, 2.45) is 5.92 Å². The number of halogens is 1. The minimum atomic E-state index is -0.0787. The fourth-order valence-corrected chi connectivity index (χ4v) is 3.01. The lowest BCUT2D eigenvalue weighted by molar-refractivity contribution is 0.102. The average Bonchev–Trinajstić information content (AvgIpc) is 2.95. The van der Waals surface area contributed by atoms with Gasteiger partial charge in [-0.05, 0) is 32.4 Å². The van der Waals surface area contributed by atoms with Gasteiger partial charge in [0.05, 0.1) is 22.5 Å². The Morgan fingerprint density at radius 3 is 2.95 bits per heavy atom. The van der Waals surface area contributed by atoms with Gasteiger partial charge in [0.25, 0.3) is 0 Å². The second kappa shape index (κ2) is 5.14. The maximum absolute atomic E-state index is 6.29. The first kappa shape index (κ1) is 12.9. The average molecular weight is 279 g/mol. The van der Waals surface area contributed by atoms with Crippen molar-refractivity contribution in [3.63, 3.8) is 0 Å². The zero-order chi connectivity index (χ0) is 13.4. The van der Waals surface area contributed by atoms with Crippen LogP contribution in [0.25, 0.3) is 11.0 Å². The normalized spacial score (nSPS) is 25.0. The summed E-state index contributed by atoms with van der Waals surface area (Å²) < 4.78 is 7.93. The largest absolute Gasteiger partial charge is 0.378 e. The highest BCUT2D eigenvalue weighted by Crippen LogP contribution is 2.29. The molecule has 1 aromatic carbocycles.